The van der Waals surface area contributed by atoms with E-state index in [1.54, 1.807) is 12.1 Å². The molecule has 9 nitrogen and oxygen atoms in total. The van der Waals surface area contributed by atoms with Crippen molar-refractivity contribution in [2.45, 2.75) is 39.2 Å². The molecule has 0 spiro atoms. The standard InChI is InChI=1S/C26H37N3O6S/c1-6-16-27-26(31)22(7-2)28(17-15-20-11-9-8-10-12-20)25(30)19-29(36(5,32)33)23-18-21(34-3)13-14-24(23)35-4/h8-14,18,22H,6-7,15-17,19H2,1-5H3,(H,27,31)/t22-/m1/s1. The van der Waals surface area contributed by atoms with E-state index in [4.69, 9.17) is 9.47 Å². The summed E-state index contributed by atoms with van der Waals surface area (Å²) >= 11 is 0. The molecule has 36 heavy (non-hydrogen) atoms. The average molecular weight is 520 g/mol. The van der Waals surface area contributed by atoms with E-state index in [1.807, 2.05) is 44.2 Å². The number of benzene rings is 2. The van der Waals surface area contributed by atoms with Gasteiger partial charge >= 0.3 is 0 Å². The third-order valence-corrected chi connectivity index (χ3v) is 6.88. The minimum atomic E-state index is -3.89. The number of amides is 2. The molecule has 2 aromatic carbocycles. The Balaban J connectivity index is 2.44. The van der Waals surface area contributed by atoms with Crippen LogP contribution in [0.3, 0.4) is 0 Å². The lowest BCUT2D eigenvalue weighted by Gasteiger charge is -2.33. The van der Waals surface area contributed by atoms with E-state index in [-0.39, 0.29) is 23.9 Å². The molecule has 0 aliphatic rings. The number of nitrogens with one attached hydrogen (secondary N) is 1. The second-order valence-corrected chi connectivity index (χ2v) is 10.3. The molecule has 0 bridgehead atoms. The molecule has 0 aliphatic heterocycles. The Kier molecular flexibility index (Phi) is 11.0. The number of nitrogens with zero attached hydrogens (tertiary/aromatic N) is 2. The Morgan fingerprint density at radius 3 is 2.28 bits per heavy atom. The van der Waals surface area contributed by atoms with Crippen molar-refractivity contribution >= 4 is 27.5 Å². The fourth-order valence-electron chi connectivity index (χ4n) is 3.85. The lowest BCUT2D eigenvalue weighted by Crippen LogP contribution is -2.53. The first-order valence-corrected chi connectivity index (χ1v) is 13.8. The molecule has 0 aromatic heterocycles. The lowest BCUT2D eigenvalue weighted by molar-refractivity contribution is -0.139. The van der Waals surface area contributed by atoms with Crippen LogP contribution in [0.15, 0.2) is 48.5 Å². The molecule has 10 heteroatoms. The van der Waals surface area contributed by atoms with Crippen LogP contribution in [0.4, 0.5) is 5.69 Å². The first-order valence-electron chi connectivity index (χ1n) is 12.0. The van der Waals surface area contributed by atoms with Crippen LogP contribution in [-0.2, 0) is 26.0 Å². The van der Waals surface area contributed by atoms with Gasteiger partial charge in [0, 0.05) is 19.2 Å². The molecule has 0 saturated carbocycles. The van der Waals surface area contributed by atoms with Crippen LogP contribution in [0.2, 0.25) is 0 Å². The summed E-state index contributed by atoms with van der Waals surface area (Å²) in [6.45, 7) is 4.04. The van der Waals surface area contributed by atoms with Crippen LogP contribution in [-0.4, -0.2) is 71.3 Å². The molecule has 0 radical (unpaired) electrons. The molecule has 198 valence electrons. The molecule has 2 aromatic rings. The summed E-state index contributed by atoms with van der Waals surface area (Å²) in [5.74, 6) is -0.0545. The van der Waals surface area contributed by atoms with Gasteiger partial charge in [-0.1, -0.05) is 44.2 Å². The monoisotopic (exact) mass is 519 g/mol. The number of hydrogen-bond donors (Lipinski definition) is 1. The molecule has 2 amide bonds. The van der Waals surface area contributed by atoms with Crippen molar-refractivity contribution in [2.24, 2.45) is 0 Å². The summed E-state index contributed by atoms with van der Waals surface area (Å²) < 4.78 is 37.3. The quantitative estimate of drug-likeness (QED) is 0.412. The molecule has 0 fully saturated rings. The third-order valence-electron chi connectivity index (χ3n) is 5.75. The van der Waals surface area contributed by atoms with E-state index in [0.717, 1.165) is 22.5 Å². The number of sulfonamides is 1. The van der Waals surface area contributed by atoms with Gasteiger partial charge in [0.1, 0.15) is 24.1 Å². The molecule has 1 N–H and O–H groups in total. The summed E-state index contributed by atoms with van der Waals surface area (Å²) in [4.78, 5) is 28.1. The summed E-state index contributed by atoms with van der Waals surface area (Å²) in [6.07, 6.45) is 2.69. The average Bonchev–Trinajstić information content (AvgIpc) is 2.87. The molecule has 0 heterocycles. The van der Waals surface area contributed by atoms with Gasteiger partial charge < -0.3 is 19.7 Å². The van der Waals surface area contributed by atoms with Crippen molar-refractivity contribution in [1.29, 1.82) is 0 Å². The number of ether oxygens (including phenoxy) is 2. The molecular weight excluding hydrogens is 482 g/mol. The number of carbonyl (C=O) groups excluding carboxylic acids is 2. The van der Waals surface area contributed by atoms with Gasteiger partial charge in [0.25, 0.3) is 0 Å². The highest BCUT2D eigenvalue weighted by Gasteiger charge is 2.32. The van der Waals surface area contributed by atoms with Gasteiger partial charge in [-0.15, -0.1) is 0 Å². The van der Waals surface area contributed by atoms with E-state index < -0.39 is 28.5 Å². The van der Waals surface area contributed by atoms with Crippen LogP contribution in [0.25, 0.3) is 0 Å². The SMILES string of the molecule is CCCNC(=O)[C@@H](CC)N(CCc1ccccc1)C(=O)CN(c1cc(OC)ccc1OC)S(C)(=O)=O. The van der Waals surface area contributed by atoms with Gasteiger partial charge in [0.05, 0.1) is 26.2 Å². The van der Waals surface area contributed by atoms with E-state index >= 15 is 0 Å². The Labute approximate surface area is 214 Å². The summed E-state index contributed by atoms with van der Waals surface area (Å²) in [6, 6.07) is 13.6. The lowest BCUT2D eigenvalue weighted by atomic mass is 10.1. The number of anilines is 1. The zero-order valence-electron chi connectivity index (χ0n) is 21.7. The van der Waals surface area contributed by atoms with Crippen molar-refractivity contribution in [3.63, 3.8) is 0 Å². The topological polar surface area (TPSA) is 105 Å². The van der Waals surface area contributed by atoms with Crippen molar-refractivity contribution in [1.82, 2.24) is 10.2 Å². The number of methoxy groups -OCH3 is 2. The second-order valence-electron chi connectivity index (χ2n) is 8.35. The Morgan fingerprint density at radius 2 is 1.72 bits per heavy atom. The van der Waals surface area contributed by atoms with E-state index in [9.17, 15) is 18.0 Å². The van der Waals surface area contributed by atoms with Crippen molar-refractivity contribution in [2.75, 3.05) is 44.4 Å². The maximum atomic E-state index is 13.7. The van der Waals surface area contributed by atoms with Crippen molar-refractivity contribution in [3.05, 3.63) is 54.1 Å². The van der Waals surface area contributed by atoms with Gasteiger partial charge in [-0.25, -0.2) is 8.42 Å². The van der Waals surface area contributed by atoms with Gasteiger partial charge in [-0.05, 0) is 37.0 Å². The van der Waals surface area contributed by atoms with Crippen LogP contribution in [0.1, 0.15) is 32.3 Å². The Hall–Kier alpha value is -3.27. The van der Waals surface area contributed by atoms with Gasteiger partial charge in [-0.2, -0.15) is 0 Å². The molecule has 2 rings (SSSR count). The van der Waals surface area contributed by atoms with Crippen LogP contribution >= 0.6 is 0 Å². The minimum Gasteiger partial charge on any atom is -0.497 e. The first-order chi connectivity index (χ1) is 17.2. The van der Waals surface area contributed by atoms with E-state index in [2.05, 4.69) is 5.32 Å². The van der Waals surface area contributed by atoms with E-state index in [0.29, 0.717) is 25.1 Å². The maximum Gasteiger partial charge on any atom is 0.244 e. The zero-order valence-corrected chi connectivity index (χ0v) is 22.5. The summed E-state index contributed by atoms with van der Waals surface area (Å²) in [5.41, 5.74) is 1.19. The molecule has 1 atom stereocenters. The predicted octanol–water partition coefficient (Wildman–Crippen LogP) is 2.85. The maximum absolute atomic E-state index is 13.7. The fourth-order valence-corrected chi connectivity index (χ4v) is 4.69. The predicted molar refractivity (Wildman–Crippen MR) is 141 cm³/mol. The molecular formula is C26H37N3O6S. The van der Waals surface area contributed by atoms with Crippen molar-refractivity contribution in [3.8, 4) is 11.5 Å². The zero-order chi connectivity index (χ0) is 26.7. The highest BCUT2D eigenvalue weighted by molar-refractivity contribution is 7.92. The first kappa shape index (κ1) is 29.0. The smallest absolute Gasteiger partial charge is 0.244 e. The summed E-state index contributed by atoms with van der Waals surface area (Å²) in [5, 5.41) is 2.86. The minimum absolute atomic E-state index is 0.180. The molecule has 0 unspecified atom stereocenters. The van der Waals surface area contributed by atoms with E-state index in [1.165, 1.54) is 25.2 Å². The Bertz CT molecular complexity index is 1110. The molecule has 0 aliphatic carbocycles. The van der Waals surface area contributed by atoms with Crippen LogP contribution < -0.4 is 19.1 Å². The van der Waals surface area contributed by atoms with Crippen LogP contribution in [0.5, 0.6) is 11.5 Å². The number of rotatable bonds is 14. The van der Waals surface area contributed by atoms with Gasteiger partial charge in [-0.3, -0.25) is 13.9 Å². The molecule has 0 saturated heterocycles. The number of carbonyl (C=O) groups is 2. The fraction of sp³-hybridized carbons (Fsp3) is 0.462. The van der Waals surface area contributed by atoms with Crippen LogP contribution in [0, 0.1) is 0 Å². The second kappa shape index (κ2) is 13.7. The van der Waals surface area contributed by atoms with Gasteiger partial charge in [0.15, 0.2) is 0 Å². The van der Waals surface area contributed by atoms with Crippen molar-refractivity contribution < 1.29 is 27.5 Å². The highest BCUT2D eigenvalue weighted by atomic mass is 32.2. The Morgan fingerprint density at radius 1 is 1.03 bits per heavy atom. The normalized spacial score (nSPS) is 11.9. The summed E-state index contributed by atoms with van der Waals surface area (Å²) in [7, 11) is -1.00. The largest absolute Gasteiger partial charge is 0.497 e. The number of hydrogen-bond acceptors (Lipinski definition) is 6. The highest BCUT2D eigenvalue weighted by Crippen LogP contribution is 2.33. The third kappa shape index (κ3) is 7.87. The van der Waals surface area contributed by atoms with Gasteiger partial charge in [0.2, 0.25) is 21.8 Å².